The van der Waals surface area contributed by atoms with Crippen LogP contribution in [-0.4, -0.2) is 88.1 Å². The Morgan fingerprint density at radius 2 is 0.971 bits per heavy atom. The largest absolute Gasteiger partial charge is 0.469 e. The van der Waals surface area contributed by atoms with Crippen LogP contribution in [0.15, 0.2) is 0 Å². The summed E-state index contributed by atoms with van der Waals surface area (Å²) in [5.74, 6) is -1.70. The fourth-order valence-electron chi connectivity index (χ4n) is 3.08. The van der Waals surface area contributed by atoms with Crippen molar-refractivity contribution >= 4 is 24.1 Å². The molecule has 0 bridgehead atoms. The van der Waals surface area contributed by atoms with Crippen LogP contribution in [0.25, 0.3) is 0 Å². The highest BCUT2D eigenvalue weighted by molar-refractivity contribution is 5.76. The van der Waals surface area contributed by atoms with E-state index >= 15 is 0 Å². The predicted molar refractivity (Wildman–Crippen MR) is 119 cm³/mol. The van der Waals surface area contributed by atoms with Gasteiger partial charge in [-0.1, -0.05) is 0 Å². The Hall–Kier alpha value is -2.60. The first-order chi connectivity index (χ1) is 15.7. The summed E-state index contributed by atoms with van der Waals surface area (Å²) in [6.07, 6.45) is -1.11. The van der Waals surface area contributed by atoms with Gasteiger partial charge in [-0.3, -0.25) is 9.59 Å². The van der Waals surface area contributed by atoms with Crippen molar-refractivity contribution in [3.63, 3.8) is 0 Å². The molecule has 2 fully saturated rings. The lowest BCUT2D eigenvalue weighted by atomic mass is 10.0. The van der Waals surface area contributed by atoms with Gasteiger partial charge in [0.1, 0.15) is 23.0 Å². The molecule has 34 heavy (non-hydrogen) atoms. The maximum Gasteiger partial charge on any atom is 0.407 e. The van der Waals surface area contributed by atoms with Crippen molar-refractivity contribution in [2.24, 2.45) is 11.8 Å². The van der Waals surface area contributed by atoms with E-state index in [-0.39, 0.29) is 25.2 Å². The molecular formula is C22H38N2O10. The molecule has 2 aliphatic rings. The summed E-state index contributed by atoms with van der Waals surface area (Å²) in [5.41, 5.74) is -1.13. The van der Waals surface area contributed by atoms with Gasteiger partial charge in [-0.25, -0.2) is 9.59 Å². The van der Waals surface area contributed by atoms with Crippen LogP contribution >= 0.6 is 0 Å². The molecule has 2 aliphatic heterocycles. The molecule has 2 amide bonds. The van der Waals surface area contributed by atoms with Gasteiger partial charge in [-0.05, 0) is 41.5 Å². The van der Waals surface area contributed by atoms with Crippen molar-refractivity contribution in [3.8, 4) is 0 Å². The number of esters is 2. The average molecular weight is 491 g/mol. The highest BCUT2D eigenvalue weighted by Crippen LogP contribution is 2.17. The summed E-state index contributed by atoms with van der Waals surface area (Å²) in [5, 5.41) is 5.23. The molecule has 0 spiro atoms. The highest BCUT2D eigenvalue weighted by atomic mass is 16.6. The smallest absolute Gasteiger partial charge is 0.407 e. The number of carbonyl (C=O) groups is 4. The molecule has 2 saturated heterocycles. The first kappa shape index (κ1) is 29.4. The fraction of sp³-hybridized carbons (Fsp3) is 0.818. The average Bonchev–Trinajstić information content (AvgIpc) is 3.33. The second-order valence-corrected chi connectivity index (χ2v) is 9.84. The van der Waals surface area contributed by atoms with Crippen molar-refractivity contribution in [1.82, 2.24) is 10.6 Å². The molecule has 196 valence electrons. The summed E-state index contributed by atoms with van der Waals surface area (Å²) < 4.78 is 29.8. The summed E-state index contributed by atoms with van der Waals surface area (Å²) in [4.78, 5) is 45.9. The highest BCUT2D eigenvalue weighted by Gasteiger charge is 2.37. The zero-order chi connectivity index (χ0) is 26.1. The molecule has 12 nitrogen and oxygen atoms in total. The van der Waals surface area contributed by atoms with Crippen molar-refractivity contribution in [1.29, 1.82) is 0 Å². The van der Waals surface area contributed by atoms with Crippen LogP contribution < -0.4 is 10.6 Å². The first-order valence-electron chi connectivity index (χ1n) is 11.0. The Balaban J connectivity index is 0.000000340. The number of nitrogens with one attached hydrogen (secondary N) is 2. The summed E-state index contributed by atoms with van der Waals surface area (Å²) in [6.45, 7) is 11.7. The number of methoxy groups -OCH3 is 2. The SMILES string of the molecule is COC(=O)[C@@H]1COC[C@@H]1NC(=O)OC(C)(C)C.COC(=O)[C@H]1COC[C@H]1NC(=O)OC(C)(C)C. The Kier molecular flexibility index (Phi) is 11.0. The number of carbonyl (C=O) groups excluding carboxylic acids is 4. The molecule has 12 heteroatoms. The summed E-state index contributed by atoms with van der Waals surface area (Å²) in [6, 6.07) is -0.783. The van der Waals surface area contributed by atoms with E-state index in [9.17, 15) is 19.2 Å². The van der Waals surface area contributed by atoms with Crippen LogP contribution in [0.2, 0.25) is 0 Å². The van der Waals surface area contributed by atoms with Gasteiger partial charge in [0, 0.05) is 0 Å². The van der Waals surface area contributed by atoms with E-state index in [0.29, 0.717) is 13.2 Å². The lowest BCUT2D eigenvalue weighted by Crippen LogP contribution is -2.45. The van der Waals surface area contributed by atoms with E-state index < -0.39 is 47.3 Å². The molecule has 0 radical (unpaired) electrons. The van der Waals surface area contributed by atoms with Crippen LogP contribution in [0, 0.1) is 11.8 Å². The van der Waals surface area contributed by atoms with Crippen molar-refractivity contribution < 1.29 is 47.6 Å². The van der Waals surface area contributed by atoms with Crippen molar-refractivity contribution in [2.75, 3.05) is 40.6 Å². The maximum absolute atomic E-state index is 11.5. The minimum absolute atomic E-state index is 0.257. The number of alkyl carbamates (subject to hydrolysis) is 2. The Labute approximate surface area is 200 Å². The third-order valence-corrected chi connectivity index (χ3v) is 4.57. The first-order valence-corrected chi connectivity index (χ1v) is 11.0. The molecular weight excluding hydrogens is 452 g/mol. The normalized spacial score (nSPS) is 24.2. The standard InChI is InChI=1S/2C11H19NO5/c2*1-11(2,3)17-10(14)12-8-6-16-5-7(8)9(13)15-4/h2*7-8H,5-6H2,1-4H3,(H,12,14)/t2*7-,8+/m10/s1. The molecule has 2 rings (SSSR count). The van der Waals surface area contributed by atoms with E-state index in [2.05, 4.69) is 20.1 Å². The zero-order valence-electron chi connectivity index (χ0n) is 21.2. The second kappa shape index (κ2) is 12.7. The Bertz CT molecular complexity index is 653. The lowest BCUT2D eigenvalue weighted by Gasteiger charge is -2.22. The number of hydrogen-bond acceptors (Lipinski definition) is 10. The molecule has 0 aromatic rings. The van der Waals surface area contributed by atoms with Gasteiger partial charge in [0.05, 0.1) is 52.7 Å². The van der Waals surface area contributed by atoms with Crippen LogP contribution in [0.5, 0.6) is 0 Å². The van der Waals surface area contributed by atoms with Gasteiger partial charge in [0.25, 0.3) is 0 Å². The van der Waals surface area contributed by atoms with Gasteiger partial charge in [0.15, 0.2) is 0 Å². The summed E-state index contributed by atoms with van der Waals surface area (Å²) in [7, 11) is 2.62. The molecule has 0 aliphatic carbocycles. The molecule has 0 saturated carbocycles. The number of hydrogen-bond donors (Lipinski definition) is 2. The van der Waals surface area contributed by atoms with Crippen LogP contribution in [0.4, 0.5) is 9.59 Å². The quantitative estimate of drug-likeness (QED) is 0.437. The maximum atomic E-state index is 11.5. The topological polar surface area (TPSA) is 148 Å². The van der Waals surface area contributed by atoms with Gasteiger partial charge in [0.2, 0.25) is 0 Å². The van der Waals surface area contributed by atoms with Gasteiger partial charge in [-0.15, -0.1) is 0 Å². The summed E-state index contributed by atoms with van der Waals surface area (Å²) >= 11 is 0. The monoisotopic (exact) mass is 490 g/mol. The van der Waals surface area contributed by atoms with Crippen LogP contribution in [0.1, 0.15) is 41.5 Å². The minimum Gasteiger partial charge on any atom is -0.469 e. The van der Waals surface area contributed by atoms with E-state index in [0.717, 1.165) is 0 Å². The molecule has 4 atom stereocenters. The fourth-order valence-corrected chi connectivity index (χ4v) is 3.08. The van der Waals surface area contributed by atoms with Crippen molar-refractivity contribution in [3.05, 3.63) is 0 Å². The van der Waals surface area contributed by atoms with E-state index in [1.165, 1.54) is 14.2 Å². The van der Waals surface area contributed by atoms with Crippen LogP contribution in [0.3, 0.4) is 0 Å². The van der Waals surface area contributed by atoms with Crippen LogP contribution in [-0.2, 0) is 38.0 Å². The lowest BCUT2D eigenvalue weighted by molar-refractivity contribution is -0.146. The van der Waals surface area contributed by atoms with E-state index in [1.54, 1.807) is 41.5 Å². The molecule has 0 aromatic heterocycles. The van der Waals surface area contributed by atoms with E-state index in [1.807, 2.05) is 0 Å². The third-order valence-electron chi connectivity index (χ3n) is 4.57. The van der Waals surface area contributed by atoms with Gasteiger partial charge in [-0.2, -0.15) is 0 Å². The number of ether oxygens (including phenoxy) is 6. The predicted octanol–water partition coefficient (Wildman–Crippen LogP) is 1.40. The molecule has 0 aromatic carbocycles. The molecule has 2 N–H and O–H groups in total. The van der Waals surface area contributed by atoms with Gasteiger partial charge >= 0.3 is 24.1 Å². The van der Waals surface area contributed by atoms with Gasteiger partial charge < -0.3 is 39.1 Å². The zero-order valence-corrected chi connectivity index (χ0v) is 21.2. The second-order valence-electron chi connectivity index (χ2n) is 9.84. The molecule has 0 unspecified atom stereocenters. The number of rotatable bonds is 4. The van der Waals surface area contributed by atoms with E-state index in [4.69, 9.17) is 18.9 Å². The molecule has 2 heterocycles. The Morgan fingerprint density at radius 3 is 1.24 bits per heavy atom. The Morgan fingerprint density at radius 1 is 0.647 bits per heavy atom. The minimum atomic E-state index is -0.565. The van der Waals surface area contributed by atoms with Crippen molar-refractivity contribution in [2.45, 2.75) is 64.8 Å². The third kappa shape index (κ3) is 10.6. The number of amides is 2.